The molecule has 180 valence electrons. The van der Waals surface area contributed by atoms with E-state index in [1.807, 2.05) is 49.6 Å². The second-order valence-corrected chi connectivity index (χ2v) is 10.5. The smallest absolute Gasteiger partial charge is 0.341 e. The van der Waals surface area contributed by atoms with Crippen LogP contribution in [0.2, 0.25) is 5.02 Å². The van der Waals surface area contributed by atoms with Crippen molar-refractivity contribution in [3.63, 3.8) is 0 Å². The van der Waals surface area contributed by atoms with Crippen LogP contribution in [0.5, 0.6) is 5.75 Å². The summed E-state index contributed by atoms with van der Waals surface area (Å²) in [5.41, 5.74) is 3.82. The van der Waals surface area contributed by atoms with Crippen molar-refractivity contribution in [3.05, 3.63) is 66.4 Å². The molecule has 0 radical (unpaired) electrons. The third-order valence-electron chi connectivity index (χ3n) is 5.05. The number of carbonyl (C=O) groups excluding carboxylic acids is 2. The molecule has 0 aliphatic heterocycles. The van der Waals surface area contributed by atoms with Gasteiger partial charge in [-0.05, 0) is 78.0 Å². The Morgan fingerprint density at radius 2 is 1.85 bits per heavy atom. The third-order valence-corrected chi connectivity index (χ3v) is 8.04. The van der Waals surface area contributed by atoms with Gasteiger partial charge in [0.1, 0.15) is 16.3 Å². The largest absolute Gasteiger partial charge is 0.492 e. The summed E-state index contributed by atoms with van der Waals surface area (Å²) in [4.78, 5) is 25.3. The first kappa shape index (κ1) is 26.7. The van der Waals surface area contributed by atoms with E-state index in [2.05, 4.69) is 37.2 Å². The van der Waals surface area contributed by atoms with Crippen LogP contribution in [0.4, 0.5) is 5.00 Å². The van der Waals surface area contributed by atoms with Gasteiger partial charge in [-0.3, -0.25) is 4.79 Å². The number of ether oxygens (including phenoxy) is 2. The molecule has 0 spiro atoms. The van der Waals surface area contributed by atoms with Crippen LogP contribution in [0.3, 0.4) is 0 Å². The van der Waals surface area contributed by atoms with Crippen molar-refractivity contribution in [3.8, 4) is 16.9 Å². The first-order chi connectivity index (χ1) is 16.2. The summed E-state index contributed by atoms with van der Waals surface area (Å²) in [5.74, 6) is 0.0429. The van der Waals surface area contributed by atoms with E-state index < -0.39 is 5.97 Å². The second-order valence-electron chi connectivity index (χ2n) is 7.53. The summed E-state index contributed by atoms with van der Waals surface area (Å²) < 4.78 is 12.9. The van der Waals surface area contributed by atoms with Crippen LogP contribution in [-0.4, -0.2) is 25.1 Å². The zero-order chi connectivity index (χ0) is 24.8. The van der Waals surface area contributed by atoms with E-state index >= 15 is 0 Å². The number of hydrogen-bond donors (Lipinski definition) is 1. The fourth-order valence-electron chi connectivity index (χ4n) is 3.31. The van der Waals surface area contributed by atoms with Crippen molar-refractivity contribution in [1.29, 1.82) is 0 Å². The number of carbonyl (C=O) groups is 2. The molecule has 2 aromatic carbocycles. The number of rotatable bonds is 9. The molecule has 5 nitrogen and oxygen atoms in total. The molecular weight excluding hydrogens is 606 g/mol. The summed E-state index contributed by atoms with van der Waals surface area (Å²) >= 11 is 14.5. The Morgan fingerprint density at radius 3 is 2.53 bits per heavy atom. The summed E-state index contributed by atoms with van der Waals surface area (Å²) in [6.45, 7) is 6.21. The molecule has 0 aliphatic rings. The van der Waals surface area contributed by atoms with Gasteiger partial charge in [-0.2, -0.15) is 0 Å². The molecular formula is C25H24Br2ClNO4S. The van der Waals surface area contributed by atoms with Crippen LogP contribution in [0, 0.1) is 13.8 Å². The minimum absolute atomic E-state index is 0.194. The van der Waals surface area contributed by atoms with E-state index in [-0.39, 0.29) is 18.9 Å². The third kappa shape index (κ3) is 6.42. The van der Waals surface area contributed by atoms with Crippen LogP contribution >= 0.6 is 54.8 Å². The Balaban J connectivity index is 1.65. The molecule has 1 amide bonds. The first-order valence-electron chi connectivity index (χ1n) is 10.6. The van der Waals surface area contributed by atoms with E-state index in [9.17, 15) is 9.59 Å². The number of hydrogen-bond acceptors (Lipinski definition) is 5. The van der Waals surface area contributed by atoms with E-state index in [0.29, 0.717) is 34.4 Å². The molecule has 34 heavy (non-hydrogen) atoms. The number of aryl methyl sites for hydroxylation is 1. The van der Waals surface area contributed by atoms with Crippen LogP contribution in [0.15, 0.2) is 44.7 Å². The molecule has 0 saturated carbocycles. The Hall–Kier alpha value is -1.87. The fraction of sp³-hybridized carbons (Fsp3) is 0.280. The molecule has 0 bridgehead atoms. The van der Waals surface area contributed by atoms with E-state index in [1.54, 1.807) is 6.92 Å². The molecule has 0 saturated heterocycles. The molecule has 0 atom stereocenters. The second kappa shape index (κ2) is 12.2. The molecule has 1 N–H and O–H groups in total. The molecule has 1 heterocycles. The lowest BCUT2D eigenvalue weighted by atomic mass is 10.0. The number of esters is 1. The highest BCUT2D eigenvalue weighted by atomic mass is 79.9. The topological polar surface area (TPSA) is 64.6 Å². The van der Waals surface area contributed by atoms with Gasteiger partial charge in [0.05, 0.1) is 17.7 Å². The van der Waals surface area contributed by atoms with Crippen LogP contribution in [0.25, 0.3) is 11.1 Å². The monoisotopic (exact) mass is 627 g/mol. The number of benzene rings is 2. The average molecular weight is 630 g/mol. The van der Waals surface area contributed by atoms with Gasteiger partial charge in [-0.1, -0.05) is 39.7 Å². The Kier molecular flexibility index (Phi) is 9.59. The Labute approximate surface area is 225 Å². The van der Waals surface area contributed by atoms with Crippen molar-refractivity contribution in [2.45, 2.75) is 33.6 Å². The van der Waals surface area contributed by atoms with Crippen molar-refractivity contribution in [1.82, 2.24) is 0 Å². The zero-order valence-electron chi connectivity index (χ0n) is 19.0. The number of thiophene rings is 1. The van der Waals surface area contributed by atoms with Crippen LogP contribution < -0.4 is 10.1 Å². The van der Waals surface area contributed by atoms with E-state index in [1.165, 1.54) is 11.3 Å². The Bertz CT molecular complexity index is 1190. The van der Waals surface area contributed by atoms with Gasteiger partial charge in [0, 0.05) is 26.9 Å². The summed E-state index contributed by atoms with van der Waals surface area (Å²) in [6, 6.07) is 9.51. The lowest BCUT2D eigenvalue weighted by molar-refractivity contribution is -0.116. The fourth-order valence-corrected chi connectivity index (χ4v) is 5.24. The van der Waals surface area contributed by atoms with Crippen molar-refractivity contribution in [2.75, 3.05) is 18.5 Å². The summed E-state index contributed by atoms with van der Waals surface area (Å²) in [7, 11) is 0. The van der Waals surface area contributed by atoms with Crippen molar-refractivity contribution in [2.24, 2.45) is 0 Å². The number of nitrogens with one attached hydrogen (secondary N) is 1. The van der Waals surface area contributed by atoms with Gasteiger partial charge in [-0.25, -0.2) is 4.79 Å². The number of halogens is 3. The molecule has 9 heteroatoms. The minimum Gasteiger partial charge on any atom is -0.492 e. The van der Waals surface area contributed by atoms with Gasteiger partial charge < -0.3 is 14.8 Å². The quantitative estimate of drug-likeness (QED) is 0.192. The van der Waals surface area contributed by atoms with E-state index in [0.717, 1.165) is 31.2 Å². The van der Waals surface area contributed by atoms with Crippen molar-refractivity contribution >= 4 is 71.7 Å². The van der Waals surface area contributed by atoms with Crippen LogP contribution in [0.1, 0.15) is 41.3 Å². The van der Waals surface area contributed by atoms with Gasteiger partial charge in [0.2, 0.25) is 5.91 Å². The lowest BCUT2D eigenvalue weighted by Gasteiger charge is -2.13. The number of amides is 1. The zero-order valence-corrected chi connectivity index (χ0v) is 23.7. The van der Waals surface area contributed by atoms with E-state index in [4.69, 9.17) is 21.1 Å². The summed E-state index contributed by atoms with van der Waals surface area (Å²) in [6.07, 6.45) is 0.760. The van der Waals surface area contributed by atoms with Crippen molar-refractivity contribution < 1.29 is 19.1 Å². The predicted octanol–water partition coefficient (Wildman–Crippen LogP) is 8.18. The lowest BCUT2D eigenvalue weighted by Crippen LogP contribution is -2.15. The molecule has 3 rings (SSSR count). The number of anilines is 1. The van der Waals surface area contributed by atoms with Gasteiger partial charge in [0.15, 0.2) is 0 Å². The minimum atomic E-state index is -0.460. The van der Waals surface area contributed by atoms with Gasteiger partial charge in [-0.15, -0.1) is 11.3 Å². The highest BCUT2D eigenvalue weighted by Crippen LogP contribution is 2.37. The standard InChI is InChI=1S/C25H24Br2ClNO4S/c1-4-32-25(31)21-18(16-7-9-17(26)10-8-16)13-34-24(21)29-20(30)6-5-11-33-19-12-14(2)23(28)15(3)22(19)27/h7-10,12-13H,4-6,11H2,1-3H3,(H,29,30). The maximum atomic E-state index is 12.7. The van der Waals surface area contributed by atoms with Gasteiger partial charge >= 0.3 is 5.97 Å². The normalized spacial score (nSPS) is 10.8. The predicted molar refractivity (Wildman–Crippen MR) is 145 cm³/mol. The highest BCUT2D eigenvalue weighted by molar-refractivity contribution is 9.10. The molecule has 0 unspecified atom stereocenters. The molecule has 0 aliphatic carbocycles. The first-order valence-corrected chi connectivity index (χ1v) is 13.5. The average Bonchev–Trinajstić information content (AvgIpc) is 3.22. The SMILES string of the molecule is CCOC(=O)c1c(-c2ccc(Br)cc2)csc1NC(=O)CCCOc1cc(C)c(Cl)c(C)c1Br. The van der Waals surface area contributed by atoms with Crippen LogP contribution in [-0.2, 0) is 9.53 Å². The Morgan fingerprint density at radius 1 is 1.15 bits per heavy atom. The molecule has 1 aromatic heterocycles. The maximum Gasteiger partial charge on any atom is 0.341 e. The summed E-state index contributed by atoms with van der Waals surface area (Å²) in [5, 5.41) is 5.92. The highest BCUT2D eigenvalue weighted by Gasteiger charge is 2.22. The van der Waals surface area contributed by atoms with Gasteiger partial charge in [0.25, 0.3) is 0 Å². The molecule has 3 aromatic rings. The molecule has 0 fully saturated rings. The maximum absolute atomic E-state index is 12.7.